The topological polar surface area (TPSA) is 45.4 Å². The highest BCUT2D eigenvalue weighted by molar-refractivity contribution is 6.07. The van der Waals surface area contributed by atoms with E-state index in [1.165, 1.54) is 0 Å². The predicted octanol–water partition coefficient (Wildman–Crippen LogP) is 12.6. The number of aromatic nitrogens is 2. The highest BCUT2D eigenvalue weighted by Crippen LogP contribution is 2.39. The van der Waals surface area contributed by atoms with Gasteiger partial charge in [0.15, 0.2) is 0 Å². The first-order valence-corrected chi connectivity index (χ1v) is 17.0. The molecule has 5 nitrogen and oxygen atoms in total. The van der Waals surface area contributed by atoms with E-state index in [0.717, 1.165) is 78.6 Å². The molecule has 0 atom stereocenters. The number of nitrogens with zero attached hydrogens (tertiary/aromatic N) is 4. The molecule has 0 fully saturated rings. The zero-order valence-electron chi connectivity index (χ0n) is 27.7. The molecule has 0 aliphatic carbocycles. The minimum atomic E-state index is 0.870. The highest BCUT2D eigenvalue weighted by atomic mass is 16.3. The molecular weight excluding hydrogens is 625 g/mol. The van der Waals surface area contributed by atoms with E-state index in [4.69, 9.17) is 4.42 Å². The van der Waals surface area contributed by atoms with Crippen LogP contribution in [0.3, 0.4) is 0 Å². The van der Waals surface area contributed by atoms with Crippen LogP contribution in [0.5, 0.6) is 0 Å². The van der Waals surface area contributed by atoms with Gasteiger partial charge < -0.3 is 4.42 Å². The van der Waals surface area contributed by atoms with Crippen LogP contribution in [0.25, 0.3) is 44.2 Å². The van der Waals surface area contributed by atoms with Gasteiger partial charge in [0.1, 0.15) is 22.8 Å². The molecule has 0 radical (unpaired) electrons. The van der Waals surface area contributed by atoms with E-state index in [1.807, 2.05) is 85.2 Å². The molecule has 0 aliphatic heterocycles. The van der Waals surface area contributed by atoms with Gasteiger partial charge in [0.2, 0.25) is 0 Å². The minimum absolute atomic E-state index is 0.870. The molecule has 0 saturated carbocycles. The van der Waals surface area contributed by atoms with Gasteiger partial charge >= 0.3 is 0 Å². The number of hydrogen-bond acceptors (Lipinski definition) is 5. The van der Waals surface area contributed by atoms with Gasteiger partial charge in [-0.15, -0.1) is 0 Å². The summed E-state index contributed by atoms with van der Waals surface area (Å²) in [4.78, 5) is 13.6. The molecule has 0 saturated heterocycles. The summed E-state index contributed by atoms with van der Waals surface area (Å²) in [6.45, 7) is 0. The number of anilines is 6. The summed E-state index contributed by atoms with van der Waals surface area (Å²) in [5.74, 6) is 1.74. The molecule has 9 aromatic rings. The Bertz CT molecular complexity index is 2290. The Morgan fingerprint density at radius 1 is 0.333 bits per heavy atom. The van der Waals surface area contributed by atoms with Gasteiger partial charge in [0.25, 0.3) is 0 Å². The maximum Gasteiger partial charge on any atom is 0.137 e. The van der Waals surface area contributed by atoms with Gasteiger partial charge in [0, 0.05) is 45.9 Å². The molecular formula is C46H32N4O. The summed E-state index contributed by atoms with van der Waals surface area (Å²) in [5, 5.41) is 2.18. The van der Waals surface area contributed by atoms with Crippen molar-refractivity contribution in [1.29, 1.82) is 0 Å². The van der Waals surface area contributed by atoms with Crippen molar-refractivity contribution in [3.8, 4) is 22.3 Å². The van der Waals surface area contributed by atoms with Crippen molar-refractivity contribution in [3.05, 3.63) is 194 Å². The van der Waals surface area contributed by atoms with Crippen LogP contribution < -0.4 is 9.80 Å². The number of rotatable bonds is 8. The quantitative estimate of drug-likeness (QED) is 0.163. The molecule has 0 bridgehead atoms. The van der Waals surface area contributed by atoms with E-state index in [-0.39, 0.29) is 0 Å². The average Bonchev–Trinajstić information content (AvgIpc) is 3.58. The SMILES string of the molecule is c1ccc(N(c2ccc(-c3ccc4oc5ccc(-c6ccc(N(c7ccccc7)c7ccccn7)cc6)cc5c4c3)cc2)c2ccccn2)cc1. The summed E-state index contributed by atoms with van der Waals surface area (Å²) in [7, 11) is 0. The van der Waals surface area contributed by atoms with Gasteiger partial charge in [-0.2, -0.15) is 0 Å². The van der Waals surface area contributed by atoms with Crippen LogP contribution in [0.1, 0.15) is 0 Å². The van der Waals surface area contributed by atoms with E-state index in [1.54, 1.807) is 0 Å². The maximum absolute atomic E-state index is 6.30. The van der Waals surface area contributed by atoms with Crippen molar-refractivity contribution >= 4 is 56.3 Å². The Labute approximate surface area is 296 Å². The molecule has 0 N–H and O–H groups in total. The molecule has 6 aromatic carbocycles. The van der Waals surface area contributed by atoms with Crippen LogP contribution in [-0.2, 0) is 0 Å². The van der Waals surface area contributed by atoms with Crippen molar-refractivity contribution in [3.63, 3.8) is 0 Å². The molecule has 0 amide bonds. The number of fused-ring (bicyclic) bond motifs is 3. The van der Waals surface area contributed by atoms with E-state index in [0.29, 0.717) is 0 Å². The van der Waals surface area contributed by atoms with Crippen molar-refractivity contribution in [2.24, 2.45) is 0 Å². The fourth-order valence-corrected chi connectivity index (χ4v) is 6.70. The third-order valence-corrected chi connectivity index (χ3v) is 9.17. The molecule has 3 heterocycles. The monoisotopic (exact) mass is 656 g/mol. The van der Waals surface area contributed by atoms with Gasteiger partial charge in [0.05, 0.1) is 0 Å². The predicted molar refractivity (Wildman–Crippen MR) is 210 cm³/mol. The number of hydrogen-bond donors (Lipinski definition) is 0. The fourth-order valence-electron chi connectivity index (χ4n) is 6.70. The number of pyridine rings is 2. The van der Waals surface area contributed by atoms with Gasteiger partial charge in [-0.1, -0.05) is 84.9 Å². The molecule has 242 valence electrons. The van der Waals surface area contributed by atoms with Crippen molar-refractivity contribution in [2.75, 3.05) is 9.80 Å². The normalized spacial score (nSPS) is 11.1. The lowest BCUT2D eigenvalue weighted by molar-refractivity contribution is 0.669. The largest absolute Gasteiger partial charge is 0.456 e. The summed E-state index contributed by atoms with van der Waals surface area (Å²) < 4.78 is 6.30. The Kier molecular flexibility index (Phi) is 7.76. The van der Waals surface area contributed by atoms with E-state index in [2.05, 4.69) is 129 Å². The van der Waals surface area contributed by atoms with Gasteiger partial charge in [-0.05, 0) is 119 Å². The summed E-state index contributed by atoms with van der Waals surface area (Å²) in [6, 6.07) is 62.8. The standard InChI is InChI=1S/C46H32N4O/c1-3-11-37(12-4-1)49(45-15-7-9-29-47-45)39-23-17-33(18-24-39)35-21-27-43-41(31-35)42-32-36(22-28-44(42)51-43)34-19-25-40(26-20-34)50(38-13-5-2-6-14-38)46-16-8-10-30-48-46/h1-32H. The average molecular weight is 657 g/mol. The molecule has 3 aromatic heterocycles. The zero-order valence-corrected chi connectivity index (χ0v) is 27.7. The molecule has 9 rings (SSSR count). The first-order valence-electron chi connectivity index (χ1n) is 17.0. The molecule has 51 heavy (non-hydrogen) atoms. The Balaban J connectivity index is 1.04. The van der Waals surface area contributed by atoms with E-state index >= 15 is 0 Å². The van der Waals surface area contributed by atoms with Crippen LogP contribution in [0, 0.1) is 0 Å². The Morgan fingerprint density at radius 3 is 1.10 bits per heavy atom. The lowest BCUT2D eigenvalue weighted by Gasteiger charge is -2.24. The van der Waals surface area contributed by atoms with Crippen LogP contribution in [0.15, 0.2) is 199 Å². The first kappa shape index (κ1) is 30.1. The number of benzene rings is 6. The second kappa shape index (κ2) is 13.1. The minimum Gasteiger partial charge on any atom is -0.456 e. The highest BCUT2D eigenvalue weighted by Gasteiger charge is 2.16. The Morgan fingerprint density at radius 2 is 0.706 bits per heavy atom. The molecule has 0 aliphatic rings. The molecule has 5 heteroatoms. The van der Waals surface area contributed by atoms with Crippen LogP contribution >= 0.6 is 0 Å². The molecule has 0 spiro atoms. The third-order valence-electron chi connectivity index (χ3n) is 9.17. The fraction of sp³-hybridized carbons (Fsp3) is 0. The first-order chi connectivity index (χ1) is 25.3. The van der Waals surface area contributed by atoms with Crippen molar-refractivity contribution in [1.82, 2.24) is 9.97 Å². The second-order valence-electron chi connectivity index (χ2n) is 12.3. The lowest BCUT2D eigenvalue weighted by atomic mass is 10.00. The lowest BCUT2D eigenvalue weighted by Crippen LogP contribution is -2.11. The van der Waals surface area contributed by atoms with Crippen LogP contribution in [-0.4, -0.2) is 9.97 Å². The van der Waals surface area contributed by atoms with Crippen LogP contribution in [0.4, 0.5) is 34.4 Å². The van der Waals surface area contributed by atoms with Crippen LogP contribution in [0.2, 0.25) is 0 Å². The summed E-state index contributed by atoms with van der Waals surface area (Å²) in [5.41, 5.74) is 10.5. The number of para-hydroxylation sites is 2. The third kappa shape index (κ3) is 5.87. The smallest absolute Gasteiger partial charge is 0.137 e. The summed E-state index contributed by atoms with van der Waals surface area (Å²) in [6.07, 6.45) is 3.65. The Hall–Kier alpha value is -6.98. The summed E-state index contributed by atoms with van der Waals surface area (Å²) >= 11 is 0. The van der Waals surface area contributed by atoms with Crippen molar-refractivity contribution < 1.29 is 4.42 Å². The van der Waals surface area contributed by atoms with Gasteiger partial charge in [-0.3, -0.25) is 9.80 Å². The number of furan rings is 1. The van der Waals surface area contributed by atoms with Crippen molar-refractivity contribution in [2.45, 2.75) is 0 Å². The van der Waals surface area contributed by atoms with E-state index in [9.17, 15) is 0 Å². The van der Waals surface area contributed by atoms with Gasteiger partial charge in [-0.25, -0.2) is 9.97 Å². The van der Waals surface area contributed by atoms with E-state index < -0.39 is 0 Å². The second-order valence-corrected chi connectivity index (χ2v) is 12.3. The zero-order chi connectivity index (χ0) is 34.0. The maximum atomic E-state index is 6.30. The molecule has 0 unspecified atom stereocenters.